The van der Waals surface area contributed by atoms with Gasteiger partial charge in [0.2, 0.25) is 5.91 Å². The van der Waals surface area contributed by atoms with Gasteiger partial charge in [-0.05, 0) is 31.9 Å². The first-order valence-corrected chi connectivity index (χ1v) is 9.83. The summed E-state index contributed by atoms with van der Waals surface area (Å²) < 4.78 is 10.9. The Kier molecular flexibility index (Phi) is 6.34. The Morgan fingerprint density at radius 3 is 2.67 bits per heavy atom. The van der Waals surface area contributed by atoms with Gasteiger partial charge in [-0.15, -0.1) is 10.2 Å². The highest BCUT2D eigenvalue weighted by molar-refractivity contribution is 8.00. The van der Waals surface area contributed by atoms with Crippen LogP contribution in [0.15, 0.2) is 56.7 Å². The van der Waals surface area contributed by atoms with Gasteiger partial charge in [0.25, 0.3) is 11.1 Å². The van der Waals surface area contributed by atoms with Crippen molar-refractivity contribution in [1.82, 2.24) is 15.5 Å². The van der Waals surface area contributed by atoms with Crippen molar-refractivity contribution >= 4 is 17.7 Å². The zero-order chi connectivity index (χ0) is 19.2. The maximum atomic E-state index is 12.5. The molecule has 0 fully saturated rings. The average molecular weight is 385 g/mol. The topological polar surface area (TPSA) is 81.2 Å². The summed E-state index contributed by atoms with van der Waals surface area (Å²) in [5, 5.41) is 11.1. The van der Waals surface area contributed by atoms with Crippen molar-refractivity contribution in [2.24, 2.45) is 0 Å². The van der Waals surface area contributed by atoms with Gasteiger partial charge in [0.05, 0.1) is 17.1 Å². The molecule has 0 aliphatic heterocycles. The number of nitrogens with one attached hydrogen (secondary N) is 1. The van der Waals surface area contributed by atoms with Crippen LogP contribution in [0.1, 0.15) is 37.5 Å². The number of furan rings is 1. The standard InChI is InChI=1S/C20H23N3O3S/c1-4-15(16-8-6-5-7-9-16)12-21-18(24)14(3)27-20-23-22-19(26-20)17-10-11-25-13(17)2/h5-11,14-15H,4,12H2,1-3H3,(H,21,24)/t14-,15+/m0/s1. The number of aromatic nitrogens is 2. The third-order valence-electron chi connectivity index (χ3n) is 4.43. The Bertz CT molecular complexity index is 875. The van der Waals surface area contributed by atoms with E-state index in [0.29, 0.717) is 29.3 Å². The lowest BCUT2D eigenvalue weighted by molar-refractivity contribution is -0.120. The van der Waals surface area contributed by atoms with E-state index in [1.807, 2.05) is 32.0 Å². The maximum absolute atomic E-state index is 12.5. The summed E-state index contributed by atoms with van der Waals surface area (Å²) in [5.41, 5.74) is 2.00. The van der Waals surface area contributed by atoms with Crippen molar-refractivity contribution < 1.29 is 13.6 Å². The quantitative estimate of drug-likeness (QED) is 0.578. The molecule has 3 aromatic rings. The summed E-state index contributed by atoms with van der Waals surface area (Å²) in [7, 11) is 0. The number of amides is 1. The van der Waals surface area contributed by atoms with E-state index in [9.17, 15) is 4.79 Å². The van der Waals surface area contributed by atoms with Crippen LogP contribution in [0.5, 0.6) is 0 Å². The van der Waals surface area contributed by atoms with Gasteiger partial charge in [-0.2, -0.15) is 0 Å². The van der Waals surface area contributed by atoms with Crippen molar-refractivity contribution in [2.75, 3.05) is 6.54 Å². The molecule has 0 radical (unpaired) electrons. The second kappa shape index (κ2) is 8.90. The molecule has 27 heavy (non-hydrogen) atoms. The normalized spacial score (nSPS) is 13.3. The summed E-state index contributed by atoms with van der Waals surface area (Å²) in [4.78, 5) is 12.5. The average Bonchev–Trinajstić information content (AvgIpc) is 3.31. The van der Waals surface area contributed by atoms with Gasteiger partial charge in [0.15, 0.2) is 0 Å². The minimum Gasteiger partial charge on any atom is -0.469 e. The molecule has 2 atom stereocenters. The van der Waals surface area contributed by atoms with E-state index in [1.165, 1.54) is 17.3 Å². The molecule has 0 spiro atoms. The molecule has 1 N–H and O–H groups in total. The third-order valence-corrected chi connectivity index (χ3v) is 5.36. The molecule has 0 aliphatic carbocycles. The number of rotatable bonds is 8. The Labute approximate surface area is 162 Å². The zero-order valence-corrected chi connectivity index (χ0v) is 16.5. The number of carbonyl (C=O) groups is 1. The smallest absolute Gasteiger partial charge is 0.277 e. The molecule has 1 amide bonds. The summed E-state index contributed by atoms with van der Waals surface area (Å²) in [5.74, 6) is 1.36. The van der Waals surface area contributed by atoms with Crippen LogP contribution in [0.3, 0.4) is 0 Å². The van der Waals surface area contributed by atoms with Gasteiger partial charge in [-0.3, -0.25) is 4.79 Å². The second-order valence-corrected chi connectivity index (χ2v) is 7.58. The molecular weight excluding hydrogens is 362 g/mol. The Hall–Kier alpha value is -2.54. The van der Waals surface area contributed by atoms with Crippen LogP contribution in [0.2, 0.25) is 0 Å². The molecule has 142 valence electrons. The maximum Gasteiger partial charge on any atom is 0.277 e. The van der Waals surface area contributed by atoms with E-state index >= 15 is 0 Å². The monoisotopic (exact) mass is 385 g/mol. The van der Waals surface area contributed by atoms with E-state index in [4.69, 9.17) is 8.83 Å². The highest BCUT2D eigenvalue weighted by Crippen LogP contribution is 2.28. The Balaban J connectivity index is 1.55. The molecular formula is C20H23N3O3S. The van der Waals surface area contributed by atoms with Crippen molar-refractivity contribution in [3.63, 3.8) is 0 Å². The van der Waals surface area contributed by atoms with Crippen molar-refractivity contribution in [2.45, 2.75) is 43.6 Å². The van der Waals surface area contributed by atoms with Crippen molar-refractivity contribution in [3.8, 4) is 11.5 Å². The van der Waals surface area contributed by atoms with Crippen LogP contribution >= 0.6 is 11.8 Å². The van der Waals surface area contributed by atoms with Gasteiger partial charge in [0.1, 0.15) is 5.76 Å². The van der Waals surface area contributed by atoms with Crippen LogP contribution in [-0.2, 0) is 4.79 Å². The van der Waals surface area contributed by atoms with Crippen LogP contribution < -0.4 is 5.32 Å². The number of benzene rings is 1. The van der Waals surface area contributed by atoms with Crippen LogP contribution in [-0.4, -0.2) is 27.9 Å². The summed E-state index contributed by atoms with van der Waals surface area (Å²) in [6.07, 6.45) is 2.54. The predicted molar refractivity (Wildman–Crippen MR) is 105 cm³/mol. The Morgan fingerprint density at radius 2 is 2.00 bits per heavy atom. The first-order valence-electron chi connectivity index (χ1n) is 8.95. The molecule has 0 aliphatic rings. The fraction of sp³-hybridized carbons (Fsp3) is 0.350. The molecule has 3 rings (SSSR count). The number of carbonyl (C=O) groups excluding carboxylic acids is 1. The highest BCUT2D eigenvalue weighted by atomic mass is 32.2. The van der Waals surface area contributed by atoms with E-state index in [-0.39, 0.29) is 11.2 Å². The van der Waals surface area contributed by atoms with E-state index < -0.39 is 0 Å². The predicted octanol–water partition coefficient (Wildman–Crippen LogP) is 4.43. The SMILES string of the molecule is CC[C@H](CNC(=O)[C@H](C)Sc1nnc(-c2ccoc2C)o1)c1ccccc1. The van der Waals surface area contributed by atoms with Gasteiger partial charge in [-0.25, -0.2) is 0 Å². The number of hydrogen-bond donors (Lipinski definition) is 1. The lowest BCUT2D eigenvalue weighted by Crippen LogP contribution is -2.34. The molecule has 0 unspecified atom stereocenters. The fourth-order valence-electron chi connectivity index (χ4n) is 2.77. The van der Waals surface area contributed by atoms with Crippen LogP contribution in [0, 0.1) is 6.92 Å². The van der Waals surface area contributed by atoms with Gasteiger partial charge in [-0.1, -0.05) is 49.0 Å². The van der Waals surface area contributed by atoms with E-state index in [1.54, 1.807) is 12.3 Å². The number of nitrogens with zero attached hydrogens (tertiary/aromatic N) is 2. The largest absolute Gasteiger partial charge is 0.469 e. The molecule has 2 aromatic heterocycles. The summed E-state index contributed by atoms with van der Waals surface area (Å²) in [6, 6.07) is 12.0. The van der Waals surface area contributed by atoms with Gasteiger partial charge in [0, 0.05) is 12.5 Å². The first-order chi connectivity index (χ1) is 13.1. The fourth-order valence-corrected chi connectivity index (χ4v) is 3.48. The van der Waals surface area contributed by atoms with Gasteiger partial charge >= 0.3 is 0 Å². The Morgan fingerprint density at radius 1 is 1.22 bits per heavy atom. The van der Waals surface area contributed by atoms with Crippen molar-refractivity contribution in [1.29, 1.82) is 0 Å². The second-order valence-electron chi connectivity index (χ2n) is 6.28. The molecule has 1 aromatic carbocycles. The summed E-state index contributed by atoms with van der Waals surface area (Å²) in [6.45, 7) is 6.39. The van der Waals surface area contributed by atoms with E-state index in [0.717, 1.165) is 12.0 Å². The number of aryl methyl sites for hydroxylation is 1. The minimum absolute atomic E-state index is 0.0476. The first kappa shape index (κ1) is 19.2. The molecule has 7 heteroatoms. The molecule has 6 nitrogen and oxygen atoms in total. The van der Waals surface area contributed by atoms with Crippen LogP contribution in [0.25, 0.3) is 11.5 Å². The van der Waals surface area contributed by atoms with Crippen molar-refractivity contribution in [3.05, 3.63) is 54.0 Å². The number of thioether (sulfide) groups is 1. The molecule has 0 saturated heterocycles. The zero-order valence-electron chi connectivity index (χ0n) is 15.6. The van der Waals surface area contributed by atoms with Gasteiger partial charge < -0.3 is 14.2 Å². The number of hydrogen-bond acceptors (Lipinski definition) is 6. The molecule has 0 bridgehead atoms. The van der Waals surface area contributed by atoms with Crippen LogP contribution in [0.4, 0.5) is 0 Å². The minimum atomic E-state index is -0.336. The lowest BCUT2D eigenvalue weighted by atomic mass is 9.96. The summed E-state index contributed by atoms with van der Waals surface area (Å²) >= 11 is 1.25. The third kappa shape index (κ3) is 4.80. The van der Waals surface area contributed by atoms with E-state index in [2.05, 4.69) is 34.6 Å². The highest BCUT2D eigenvalue weighted by Gasteiger charge is 2.20. The molecule has 0 saturated carbocycles. The lowest BCUT2D eigenvalue weighted by Gasteiger charge is -2.17. The molecule has 2 heterocycles.